The van der Waals surface area contributed by atoms with Gasteiger partial charge in [-0.1, -0.05) is 60.7 Å². The third kappa shape index (κ3) is 7.48. The predicted octanol–water partition coefficient (Wildman–Crippen LogP) is 5.72. The average Bonchev–Trinajstić information content (AvgIpc) is 3.40. The number of likely N-dealkylation sites (tertiary alicyclic amines) is 1. The summed E-state index contributed by atoms with van der Waals surface area (Å²) in [6, 6.07) is 18.9. The van der Waals surface area contributed by atoms with Gasteiger partial charge in [0.15, 0.2) is 6.10 Å². The number of alkyl carbamates (subject to hydrolysis) is 1. The number of benzene rings is 2. The molecule has 2 saturated heterocycles. The molecule has 3 aliphatic heterocycles. The minimum absolute atomic E-state index is 0.225. The van der Waals surface area contributed by atoms with Crippen LogP contribution in [0.5, 0.6) is 0 Å². The lowest BCUT2D eigenvalue weighted by Gasteiger charge is -2.49. The fraction of sp³-hybridized carbons (Fsp3) is 0.424. The molecule has 3 aliphatic rings. The molecule has 0 bridgehead atoms. The molecule has 10 heteroatoms. The van der Waals surface area contributed by atoms with Crippen LogP contribution in [-0.2, 0) is 19.1 Å². The normalized spacial score (nSPS) is 22.5. The van der Waals surface area contributed by atoms with Crippen molar-refractivity contribution in [1.82, 2.24) is 15.1 Å². The first-order valence-corrected chi connectivity index (χ1v) is 16.7. The summed E-state index contributed by atoms with van der Waals surface area (Å²) < 4.78 is 11.6. The number of hydrogen-bond donors (Lipinski definition) is 1. The van der Waals surface area contributed by atoms with Crippen molar-refractivity contribution in [3.05, 3.63) is 94.5 Å². The molecule has 1 N–H and O–H groups in total. The van der Waals surface area contributed by atoms with Crippen LogP contribution in [0.1, 0.15) is 50.8 Å². The molecule has 2 aromatic carbocycles. The van der Waals surface area contributed by atoms with Crippen molar-refractivity contribution in [3.63, 3.8) is 0 Å². The van der Waals surface area contributed by atoms with Crippen molar-refractivity contribution in [2.24, 2.45) is 0 Å². The van der Waals surface area contributed by atoms with E-state index >= 15 is 0 Å². The fourth-order valence-electron chi connectivity index (χ4n) is 5.43. The van der Waals surface area contributed by atoms with Crippen molar-refractivity contribution < 1.29 is 23.9 Å². The number of ether oxygens (including phenoxy) is 2. The molecule has 2 amide bonds. The van der Waals surface area contributed by atoms with Gasteiger partial charge >= 0.3 is 12.1 Å². The molecule has 0 radical (unpaired) electrons. The lowest BCUT2D eigenvalue weighted by atomic mass is 10.0. The zero-order valence-electron chi connectivity index (χ0n) is 25.0. The number of fused-ring (bicyclic) bond motifs is 1. The fourth-order valence-corrected chi connectivity index (χ4v) is 7.76. The number of hydrogen-bond acceptors (Lipinski definition) is 8. The summed E-state index contributed by atoms with van der Waals surface area (Å²) in [7, 11) is 2.16. The molecule has 0 unspecified atom stereocenters. The molecule has 3 heterocycles. The maximum Gasteiger partial charge on any atom is 0.408 e. The highest BCUT2D eigenvalue weighted by Crippen LogP contribution is 2.42. The maximum absolute atomic E-state index is 14.1. The number of allylic oxidation sites excluding steroid dienone is 1. The van der Waals surface area contributed by atoms with Gasteiger partial charge in [0.2, 0.25) is 0 Å². The topological polar surface area (TPSA) is 88.2 Å². The van der Waals surface area contributed by atoms with E-state index in [1.165, 1.54) is 29.5 Å². The number of nitrogens with one attached hydrogen (secondary N) is 1. The zero-order chi connectivity index (χ0) is 30.6. The monoisotopic (exact) mass is 621 g/mol. The van der Waals surface area contributed by atoms with E-state index in [1.807, 2.05) is 72.1 Å². The molecule has 3 atom stereocenters. The van der Waals surface area contributed by atoms with Crippen molar-refractivity contribution in [3.8, 4) is 0 Å². The number of esters is 1. The van der Waals surface area contributed by atoms with Crippen LogP contribution in [0.25, 0.3) is 0 Å². The van der Waals surface area contributed by atoms with Crippen molar-refractivity contribution in [2.45, 2.75) is 62.8 Å². The highest BCUT2D eigenvalue weighted by Gasteiger charge is 2.54. The first kappa shape index (κ1) is 31.2. The van der Waals surface area contributed by atoms with Crippen LogP contribution in [0.4, 0.5) is 4.79 Å². The van der Waals surface area contributed by atoms with Gasteiger partial charge in [-0.05, 0) is 75.4 Å². The van der Waals surface area contributed by atoms with Crippen LogP contribution in [0.15, 0.2) is 83.4 Å². The standard InChI is InChI=1S/C33H39N3O5S2/c1-33(2,3)41-32(39)34-26-29(37)36-27(24(20-43-30(26)36)17-19-42-21-25-16-11-18-35(25)4)31(38)40-28(22-12-7-5-8-13-22)23-14-9-6-10-15-23/h5-10,12-15,17,19,25-26,28,30H,11,16,18,20-21H2,1-4H3,(H,34,39)/b19-17+/t25-,26+,30+/m0/s1. The molecule has 0 aromatic heterocycles. The van der Waals surface area contributed by atoms with Crippen LogP contribution in [-0.4, -0.2) is 75.9 Å². The lowest BCUT2D eigenvalue weighted by molar-refractivity contribution is -0.153. The van der Waals surface area contributed by atoms with E-state index < -0.39 is 35.2 Å². The summed E-state index contributed by atoms with van der Waals surface area (Å²) in [5, 5.41) is 4.28. The number of thioether (sulfide) groups is 2. The Morgan fingerprint density at radius 2 is 1.74 bits per heavy atom. The van der Waals surface area contributed by atoms with Gasteiger partial charge in [-0.3, -0.25) is 9.69 Å². The number of carbonyl (C=O) groups excluding carboxylic acids is 3. The molecule has 2 fully saturated rings. The van der Waals surface area contributed by atoms with E-state index in [0.29, 0.717) is 11.8 Å². The minimum Gasteiger partial charge on any atom is -0.448 e. The molecule has 2 aromatic rings. The SMILES string of the molecule is CN1CCC[C@H]1CS/C=C/C1=C(C(=O)OC(c2ccccc2)c2ccccc2)N2C(=O)[C@@H](NC(=O)OC(C)(C)C)[C@H]2SC1. The minimum atomic E-state index is -0.792. The first-order valence-electron chi connectivity index (χ1n) is 14.6. The van der Waals surface area contributed by atoms with Crippen LogP contribution in [0.2, 0.25) is 0 Å². The molecule has 0 saturated carbocycles. The Morgan fingerprint density at radius 3 is 2.33 bits per heavy atom. The van der Waals surface area contributed by atoms with Crippen molar-refractivity contribution in [2.75, 3.05) is 25.1 Å². The van der Waals surface area contributed by atoms with E-state index in [4.69, 9.17) is 9.47 Å². The van der Waals surface area contributed by atoms with E-state index in [1.54, 1.807) is 32.5 Å². The number of nitrogens with zero attached hydrogens (tertiary/aromatic N) is 2. The van der Waals surface area contributed by atoms with E-state index in [9.17, 15) is 14.4 Å². The summed E-state index contributed by atoms with van der Waals surface area (Å²) in [6.45, 7) is 6.43. The van der Waals surface area contributed by atoms with Crippen LogP contribution >= 0.6 is 23.5 Å². The number of β-lactam (4-membered cyclic amide) rings is 1. The second-order valence-corrected chi connectivity index (χ2v) is 14.0. The summed E-state index contributed by atoms with van der Waals surface area (Å²) in [6.07, 6.45) is 3.02. The molecule has 43 heavy (non-hydrogen) atoms. The van der Waals surface area contributed by atoms with Gasteiger partial charge in [-0.2, -0.15) is 0 Å². The van der Waals surface area contributed by atoms with Crippen molar-refractivity contribution >= 4 is 41.5 Å². The predicted molar refractivity (Wildman–Crippen MR) is 171 cm³/mol. The highest BCUT2D eigenvalue weighted by atomic mass is 32.2. The molecule has 0 aliphatic carbocycles. The van der Waals surface area contributed by atoms with Crippen LogP contribution in [0, 0.1) is 0 Å². The Kier molecular flexibility index (Phi) is 9.88. The molecule has 228 valence electrons. The van der Waals surface area contributed by atoms with Gasteiger partial charge < -0.3 is 19.7 Å². The Labute approximate surface area is 262 Å². The third-order valence-corrected chi connectivity index (χ3v) is 9.83. The Balaban J connectivity index is 1.40. The van der Waals surface area contributed by atoms with Crippen LogP contribution < -0.4 is 5.32 Å². The third-order valence-electron chi connectivity index (χ3n) is 7.62. The summed E-state index contributed by atoms with van der Waals surface area (Å²) in [5.74, 6) is 0.516. The van der Waals surface area contributed by atoms with Gasteiger partial charge in [-0.15, -0.1) is 23.5 Å². The molecule has 8 nitrogen and oxygen atoms in total. The quantitative estimate of drug-likeness (QED) is 0.281. The van der Waals surface area contributed by atoms with Gasteiger partial charge in [0.25, 0.3) is 5.91 Å². The Morgan fingerprint density at radius 1 is 1.09 bits per heavy atom. The average molecular weight is 622 g/mol. The van der Waals surface area contributed by atoms with E-state index in [0.717, 1.165) is 29.0 Å². The van der Waals surface area contributed by atoms with Crippen molar-refractivity contribution in [1.29, 1.82) is 0 Å². The molecule has 5 rings (SSSR count). The second kappa shape index (κ2) is 13.6. The number of rotatable bonds is 9. The summed E-state index contributed by atoms with van der Waals surface area (Å²) in [5.41, 5.74) is 1.91. The Hall–Kier alpha value is -3.21. The van der Waals surface area contributed by atoms with Gasteiger partial charge in [-0.25, -0.2) is 9.59 Å². The highest BCUT2D eigenvalue weighted by molar-refractivity contribution is 8.02. The summed E-state index contributed by atoms with van der Waals surface area (Å²) >= 11 is 3.22. The lowest BCUT2D eigenvalue weighted by Crippen LogP contribution is -2.70. The van der Waals surface area contributed by atoms with E-state index in [-0.39, 0.29) is 11.6 Å². The van der Waals surface area contributed by atoms with E-state index in [2.05, 4.69) is 17.3 Å². The summed E-state index contributed by atoms with van der Waals surface area (Å²) in [4.78, 5) is 43.9. The van der Waals surface area contributed by atoms with Gasteiger partial charge in [0.05, 0.1) is 0 Å². The molecule has 0 spiro atoms. The maximum atomic E-state index is 14.1. The number of amides is 2. The smallest absolute Gasteiger partial charge is 0.408 e. The molecular weight excluding hydrogens is 583 g/mol. The zero-order valence-corrected chi connectivity index (χ0v) is 26.7. The Bertz CT molecular complexity index is 1340. The first-order chi connectivity index (χ1) is 20.6. The largest absolute Gasteiger partial charge is 0.448 e. The second-order valence-electron chi connectivity index (χ2n) is 11.9. The molecular formula is C33H39N3O5S2. The number of carbonyl (C=O) groups is 3. The van der Waals surface area contributed by atoms with Gasteiger partial charge in [0.1, 0.15) is 22.7 Å². The van der Waals surface area contributed by atoms with Crippen LogP contribution in [0.3, 0.4) is 0 Å². The van der Waals surface area contributed by atoms with Gasteiger partial charge in [0, 0.05) is 17.5 Å².